The van der Waals surface area contributed by atoms with Crippen molar-refractivity contribution in [2.24, 2.45) is 5.73 Å². The molecule has 1 aromatic carbocycles. The van der Waals surface area contributed by atoms with E-state index in [2.05, 4.69) is 24.4 Å². The number of hydrogen-bond acceptors (Lipinski definition) is 3. The molecule has 1 amide bonds. The van der Waals surface area contributed by atoms with Crippen LogP contribution in [0, 0.1) is 13.8 Å². The Bertz CT molecular complexity index is 596. The van der Waals surface area contributed by atoms with E-state index in [-0.39, 0.29) is 5.41 Å². The minimum absolute atomic E-state index is 0.0427. The molecular weight excluding hydrogens is 300 g/mol. The van der Waals surface area contributed by atoms with Crippen molar-refractivity contribution in [3.8, 4) is 0 Å². The lowest BCUT2D eigenvalue weighted by atomic mass is 9.69. The number of anilines is 1. The van der Waals surface area contributed by atoms with Crippen molar-refractivity contribution in [2.45, 2.75) is 77.7 Å². The van der Waals surface area contributed by atoms with Crippen LogP contribution in [0.1, 0.15) is 69.6 Å². The van der Waals surface area contributed by atoms with Gasteiger partial charge in [0.15, 0.2) is 0 Å². The first-order valence-corrected chi connectivity index (χ1v) is 8.99. The summed E-state index contributed by atoms with van der Waals surface area (Å²) in [4.78, 5) is 12.2. The second kappa shape index (κ2) is 7.14. The standard InChI is InChI=1S/C20H32N2O2/c1-14-11-16(20(13-21)9-7-6-8-10-20)12-17(15(14)2)22-18(23)24-19(3,4)5/h11-12H,6-10,13,21H2,1-5H3,(H,22,23). The summed E-state index contributed by atoms with van der Waals surface area (Å²) in [5.41, 5.74) is 10.1. The zero-order valence-electron chi connectivity index (χ0n) is 15.8. The van der Waals surface area contributed by atoms with E-state index in [1.807, 2.05) is 27.7 Å². The molecule has 24 heavy (non-hydrogen) atoms. The third kappa shape index (κ3) is 4.29. The fraction of sp³-hybridized carbons (Fsp3) is 0.650. The molecule has 0 aromatic heterocycles. The van der Waals surface area contributed by atoms with Crippen molar-refractivity contribution in [3.05, 3.63) is 28.8 Å². The average Bonchev–Trinajstić information content (AvgIpc) is 2.50. The largest absolute Gasteiger partial charge is 0.444 e. The van der Waals surface area contributed by atoms with E-state index in [1.54, 1.807) is 0 Å². The van der Waals surface area contributed by atoms with Crippen LogP contribution in [0.3, 0.4) is 0 Å². The van der Waals surface area contributed by atoms with Crippen molar-refractivity contribution in [1.82, 2.24) is 0 Å². The summed E-state index contributed by atoms with van der Waals surface area (Å²) in [6.07, 6.45) is 5.57. The normalized spacial score (nSPS) is 17.4. The van der Waals surface area contributed by atoms with E-state index >= 15 is 0 Å². The van der Waals surface area contributed by atoms with E-state index < -0.39 is 11.7 Å². The Morgan fingerprint density at radius 1 is 1.21 bits per heavy atom. The Labute approximate surface area is 146 Å². The van der Waals surface area contributed by atoms with Gasteiger partial charge in [0.2, 0.25) is 0 Å². The molecule has 0 heterocycles. The van der Waals surface area contributed by atoms with Crippen molar-refractivity contribution in [2.75, 3.05) is 11.9 Å². The third-order valence-corrected chi connectivity index (χ3v) is 5.12. The summed E-state index contributed by atoms with van der Waals surface area (Å²) in [5.74, 6) is 0. The summed E-state index contributed by atoms with van der Waals surface area (Å²) in [5, 5.41) is 2.93. The van der Waals surface area contributed by atoms with Crippen LogP contribution in [-0.2, 0) is 10.2 Å². The van der Waals surface area contributed by atoms with Gasteiger partial charge in [-0.1, -0.05) is 25.3 Å². The van der Waals surface area contributed by atoms with Crippen LogP contribution in [0.15, 0.2) is 12.1 Å². The van der Waals surface area contributed by atoms with Gasteiger partial charge in [0.1, 0.15) is 5.60 Å². The number of amides is 1. The van der Waals surface area contributed by atoms with Crippen molar-refractivity contribution >= 4 is 11.8 Å². The molecule has 0 saturated heterocycles. The van der Waals surface area contributed by atoms with Crippen molar-refractivity contribution < 1.29 is 9.53 Å². The number of nitrogens with one attached hydrogen (secondary N) is 1. The Kier molecular flexibility index (Phi) is 5.59. The van der Waals surface area contributed by atoms with Gasteiger partial charge in [-0.2, -0.15) is 0 Å². The van der Waals surface area contributed by atoms with Gasteiger partial charge in [-0.15, -0.1) is 0 Å². The Hall–Kier alpha value is -1.55. The van der Waals surface area contributed by atoms with Crippen LogP contribution in [0.4, 0.5) is 10.5 Å². The molecule has 4 nitrogen and oxygen atoms in total. The first-order chi connectivity index (χ1) is 11.2. The van der Waals surface area contributed by atoms with Gasteiger partial charge in [-0.05, 0) is 70.2 Å². The zero-order chi connectivity index (χ0) is 18.0. The maximum Gasteiger partial charge on any atom is 0.412 e. The number of hydrogen-bond donors (Lipinski definition) is 2. The lowest BCUT2D eigenvalue weighted by Crippen LogP contribution is -2.37. The molecule has 1 saturated carbocycles. The number of rotatable bonds is 3. The fourth-order valence-corrected chi connectivity index (χ4v) is 3.55. The third-order valence-electron chi connectivity index (χ3n) is 5.12. The highest BCUT2D eigenvalue weighted by molar-refractivity contribution is 5.86. The van der Waals surface area contributed by atoms with Crippen LogP contribution >= 0.6 is 0 Å². The monoisotopic (exact) mass is 332 g/mol. The number of benzene rings is 1. The molecule has 2 rings (SSSR count). The fourth-order valence-electron chi connectivity index (χ4n) is 3.55. The predicted octanol–water partition coefficient (Wildman–Crippen LogP) is 4.81. The molecule has 0 radical (unpaired) electrons. The first kappa shape index (κ1) is 18.8. The molecule has 0 aliphatic heterocycles. The van der Waals surface area contributed by atoms with E-state index in [1.165, 1.54) is 30.4 Å². The van der Waals surface area contributed by atoms with E-state index in [4.69, 9.17) is 10.5 Å². The van der Waals surface area contributed by atoms with Crippen LogP contribution in [-0.4, -0.2) is 18.2 Å². The maximum absolute atomic E-state index is 12.2. The molecule has 0 bridgehead atoms. The highest BCUT2D eigenvalue weighted by Crippen LogP contribution is 2.40. The van der Waals surface area contributed by atoms with Crippen LogP contribution in [0.5, 0.6) is 0 Å². The Balaban J connectivity index is 2.32. The summed E-state index contributed by atoms with van der Waals surface area (Å²) >= 11 is 0. The number of aryl methyl sites for hydroxylation is 1. The smallest absolute Gasteiger partial charge is 0.412 e. The van der Waals surface area contributed by atoms with Crippen molar-refractivity contribution in [3.63, 3.8) is 0 Å². The van der Waals surface area contributed by atoms with E-state index in [0.29, 0.717) is 6.54 Å². The first-order valence-electron chi connectivity index (χ1n) is 8.99. The van der Waals surface area contributed by atoms with E-state index in [0.717, 1.165) is 24.1 Å². The van der Waals surface area contributed by atoms with Crippen molar-refractivity contribution in [1.29, 1.82) is 0 Å². The summed E-state index contributed by atoms with van der Waals surface area (Å²) in [6, 6.07) is 4.35. The second-order valence-corrected chi connectivity index (χ2v) is 8.14. The molecule has 1 aromatic rings. The molecule has 1 fully saturated rings. The highest BCUT2D eigenvalue weighted by atomic mass is 16.6. The number of nitrogens with two attached hydrogens (primary N) is 1. The number of ether oxygens (including phenoxy) is 1. The zero-order valence-corrected chi connectivity index (χ0v) is 15.8. The molecule has 0 unspecified atom stereocenters. The SMILES string of the molecule is Cc1cc(C2(CN)CCCCC2)cc(NC(=O)OC(C)(C)C)c1C. The maximum atomic E-state index is 12.2. The topological polar surface area (TPSA) is 64.3 Å². The quantitative estimate of drug-likeness (QED) is 0.834. The van der Waals surface area contributed by atoms with Gasteiger partial charge in [0.05, 0.1) is 0 Å². The number of carbonyl (C=O) groups excluding carboxylic acids is 1. The highest BCUT2D eigenvalue weighted by Gasteiger charge is 2.33. The van der Waals surface area contributed by atoms with Crippen LogP contribution < -0.4 is 11.1 Å². The van der Waals surface area contributed by atoms with Gasteiger partial charge >= 0.3 is 6.09 Å². The molecule has 1 aliphatic rings. The summed E-state index contributed by atoms with van der Waals surface area (Å²) in [7, 11) is 0. The minimum atomic E-state index is -0.507. The van der Waals surface area contributed by atoms with Gasteiger partial charge in [-0.3, -0.25) is 5.32 Å². The van der Waals surface area contributed by atoms with Gasteiger partial charge in [0.25, 0.3) is 0 Å². The summed E-state index contributed by atoms with van der Waals surface area (Å²) < 4.78 is 5.40. The molecule has 134 valence electrons. The van der Waals surface area contributed by atoms with Gasteiger partial charge in [-0.25, -0.2) is 4.79 Å². The molecule has 1 aliphatic carbocycles. The second-order valence-electron chi connectivity index (χ2n) is 8.14. The molecule has 3 N–H and O–H groups in total. The molecular formula is C20H32N2O2. The minimum Gasteiger partial charge on any atom is -0.444 e. The number of carbonyl (C=O) groups is 1. The average molecular weight is 332 g/mol. The Morgan fingerprint density at radius 2 is 1.83 bits per heavy atom. The molecule has 0 atom stereocenters. The molecule has 0 spiro atoms. The van der Waals surface area contributed by atoms with Crippen LogP contribution in [0.2, 0.25) is 0 Å². The lowest BCUT2D eigenvalue weighted by molar-refractivity contribution is 0.0636. The van der Waals surface area contributed by atoms with Crippen LogP contribution in [0.25, 0.3) is 0 Å². The van der Waals surface area contributed by atoms with Gasteiger partial charge < -0.3 is 10.5 Å². The van der Waals surface area contributed by atoms with E-state index in [9.17, 15) is 4.79 Å². The lowest BCUT2D eigenvalue weighted by Gasteiger charge is -2.37. The predicted molar refractivity (Wildman–Crippen MR) is 99.6 cm³/mol. The molecule has 4 heteroatoms. The Morgan fingerprint density at radius 3 is 2.38 bits per heavy atom. The summed E-state index contributed by atoms with van der Waals surface area (Å²) in [6.45, 7) is 10.4. The van der Waals surface area contributed by atoms with Gasteiger partial charge in [0, 0.05) is 17.6 Å².